The van der Waals surface area contributed by atoms with Gasteiger partial charge in [0.05, 0.1) is 28.3 Å². The van der Waals surface area contributed by atoms with Crippen LogP contribution in [0.1, 0.15) is 0 Å². The highest BCUT2D eigenvalue weighted by Gasteiger charge is 2.15. The molecule has 0 bridgehead atoms. The van der Waals surface area contributed by atoms with Gasteiger partial charge >= 0.3 is 0 Å². The number of quaternary nitrogens is 1. The number of nitrogens with zero attached hydrogens (tertiary/aromatic N) is 1. The molecule has 0 heterocycles. The largest absolute Gasteiger partial charge is 0.385 e. The smallest absolute Gasteiger partial charge is 0.129 e. The van der Waals surface area contributed by atoms with Crippen LogP contribution in [0, 0.1) is 0 Å². The molecule has 0 aliphatic heterocycles. The number of hydrogen-bond donors (Lipinski definition) is 1. The zero-order valence-electron chi connectivity index (χ0n) is 7.70. The van der Waals surface area contributed by atoms with E-state index in [0.29, 0.717) is 11.0 Å². The molecule has 68 valence electrons. The van der Waals surface area contributed by atoms with Gasteiger partial charge in [-0.3, -0.25) is 0 Å². The minimum atomic E-state index is -0.463. The van der Waals surface area contributed by atoms with Gasteiger partial charge in [0.25, 0.3) is 0 Å². The Morgan fingerprint density at radius 2 is 1.91 bits per heavy atom. The van der Waals surface area contributed by atoms with E-state index in [0.717, 1.165) is 0 Å². The van der Waals surface area contributed by atoms with E-state index < -0.39 is 6.10 Å². The van der Waals surface area contributed by atoms with Crippen molar-refractivity contribution in [3.8, 4) is 0 Å². The standard InChI is InChI=1S/C7H18NO3/c1-8(2,3)5-7(9)6-11-10-4/h7,9H,5-6H2,1-4H3/q+1. The van der Waals surface area contributed by atoms with Gasteiger partial charge in [0, 0.05) is 0 Å². The maximum atomic E-state index is 9.30. The summed E-state index contributed by atoms with van der Waals surface area (Å²) in [6.07, 6.45) is -0.463. The van der Waals surface area contributed by atoms with Crippen LogP contribution in [-0.4, -0.2) is 57.1 Å². The van der Waals surface area contributed by atoms with Crippen molar-refractivity contribution in [2.75, 3.05) is 41.4 Å². The molecule has 0 saturated heterocycles. The third kappa shape index (κ3) is 7.74. The summed E-state index contributed by atoms with van der Waals surface area (Å²) in [6, 6.07) is 0. The fourth-order valence-electron chi connectivity index (χ4n) is 0.832. The van der Waals surface area contributed by atoms with Gasteiger partial charge in [-0.2, -0.15) is 0 Å². The molecule has 1 N–H and O–H groups in total. The number of aliphatic hydroxyl groups is 1. The molecule has 0 aromatic heterocycles. The first kappa shape index (κ1) is 10.8. The van der Waals surface area contributed by atoms with E-state index >= 15 is 0 Å². The lowest BCUT2D eigenvalue weighted by Gasteiger charge is -2.26. The first-order valence-corrected chi connectivity index (χ1v) is 3.60. The summed E-state index contributed by atoms with van der Waals surface area (Å²) in [5.74, 6) is 0. The minimum absolute atomic E-state index is 0.228. The van der Waals surface area contributed by atoms with Crippen molar-refractivity contribution >= 4 is 0 Å². The van der Waals surface area contributed by atoms with E-state index in [1.807, 2.05) is 21.1 Å². The molecule has 4 nitrogen and oxygen atoms in total. The fraction of sp³-hybridized carbons (Fsp3) is 1.00. The molecule has 1 atom stereocenters. The molecule has 0 amide bonds. The molecule has 0 spiro atoms. The number of likely N-dealkylation sites (N-methyl/N-ethyl adjacent to an activating group) is 1. The molecule has 1 unspecified atom stereocenters. The van der Waals surface area contributed by atoms with Gasteiger partial charge in [-0.1, -0.05) is 0 Å². The van der Waals surface area contributed by atoms with Crippen LogP contribution in [0.5, 0.6) is 0 Å². The maximum absolute atomic E-state index is 9.30. The quantitative estimate of drug-likeness (QED) is 0.342. The van der Waals surface area contributed by atoms with Gasteiger partial charge in [-0.05, 0) is 0 Å². The Kier molecular flexibility index (Phi) is 4.60. The van der Waals surface area contributed by atoms with Crippen LogP contribution in [0.15, 0.2) is 0 Å². The summed E-state index contributed by atoms with van der Waals surface area (Å²) in [5, 5.41) is 9.30. The Morgan fingerprint density at radius 1 is 1.36 bits per heavy atom. The average molecular weight is 164 g/mol. The lowest BCUT2D eigenvalue weighted by molar-refractivity contribution is -0.873. The lowest BCUT2D eigenvalue weighted by atomic mass is 10.3. The maximum Gasteiger partial charge on any atom is 0.129 e. The van der Waals surface area contributed by atoms with Crippen molar-refractivity contribution in [3.63, 3.8) is 0 Å². The molecular weight excluding hydrogens is 146 g/mol. The predicted octanol–water partition coefficient (Wildman–Crippen LogP) is -0.368. The summed E-state index contributed by atoms with van der Waals surface area (Å²) >= 11 is 0. The first-order chi connectivity index (χ1) is 4.95. The molecular formula is C7H18NO3+. The SMILES string of the molecule is COOCC(O)C[N+](C)(C)C. The van der Waals surface area contributed by atoms with E-state index in [1.54, 1.807) is 0 Å². The molecule has 4 heteroatoms. The third-order valence-electron chi connectivity index (χ3n) is 1.14. The highest BCUT2D eigenvalue weighted by atomic mass is 17.2. The van der Waals surface area contributed by atoms with Crippen LogP contribution in [0.3, 0.4) is 0 Å². The summed E-state index contributed by atoms with van der Waals surface area (Å²) < 4.78 is 0.717. The Labute approximate surface area is 67.8 Å². The van der Waals surface area contributed by atoms with Gasteiger partial charge in [0.15, 0.2) is 0 Å². The van der Waals surface area contributed by atoms with Gasteiger partial charge in [-0.25, -0.2) is 9.78 Å². The minimum Gasteiger partial charge on any atom is -0.385 e. The molecule has 0 saturated carbocycles. The molecule has 0 radical (unpaired) electrons. The third-order valence-corrected chi connectivity index (χ3v) is 1.14. The van der Waals surface area contributed by atoms with E-state index in [4.69, 9.17) is 0 Å². The van der Waals surface area contributed by atoms with Crippen molar-refractivity contribution in [3.05, 3.63) is 0 Å². The molecule has 0 aromatic rings. The van der Waals surface area contributed by atoms with E-state index in [1.165, 1.54) is 7.11 Å². The van der Waals surface area contributed by atoms with Gasteiger partial charge in [0.2, 0.25) is 0 Å². The Morgan fingerprint density at radius 3 is 2.27 bits per heavy atom. The summed E-state index contributed by atoms with van der Waals surface area (Å²) in [4.78, 5) is 8.94. The molecule has 0 rings (SSSR count). The van der Waals surface area contributed by atoms with E-state index in [2.05, 4.69) is 9.78 Å². The molecule has 0 aliphatic rings. The summed E-state index contributed by atoms with van der Waals surface area (Å²) in [5.41, 5.74) is 0. The van der Waals surface area contributed by atoms with Crippen molar-refractivity contribution in [2.24, 2.45) is 0 Å². The Hall–Kier alpha value is -0.160. The van der Waals surface area contributed by atoms with Gasteiger partial charge in [-0.15, -0.1) is 0 Å². The zero-order valence-corrected chi connectivity index (χ0v) is 7.70. The Balaban J connectivity index is 3.44. The summed E-state index contributed by atoms with van der Waals surface area (Å²) in [7, 11) is 7.46. The number of aliphatic hydroxyl groups excluding tert-OH is 1. The van der Waals surface area contributed by atoms with Crippen LogP contribution < -0.4 is 0 Å². The molecule has 0 aromatic carbocycles. The predicted molar refractivity (Wildman–Crippen MR) is 41.9 cm³/mol. The normalized spacial score (nSPS) is 15.0. The van der Waals surface area contributed by atoms with Gasteiger partial charge < -0.3 is 9.59 Å². The monoisotopic (exact) mass is 164 g/mol. The topological polar surface area (TPSA) is 38.7 Å². The molecule has 11 heavy (non-hydrogen) atoms. The average Bonchev–Trinajstić information content (AvgIpc) is 1.79. The van der Waals surface area contributed by atoms with E-state index in [-0.39, 0.29) is 6.61 Å². The second-order valence-corrected chi connectivity index (χ2v) is 3.58. The highest BCUT2D eigenvalue weighted by molar-refractivity contribution is 4.48. The summed E-state index contributed by atoms with van der Waals surface area (Å²) in [6.45, 7) is 0.884. The van der Waals surface area contributed by atoms with Crippen molar-refractivity contribution in [1.82, 2.24) is 0 Å². The van der Waals surface area contributed by atoms with E-state index in [9.17, 15) is 5.11 Å². The van der Waals surface area contributed by atoms with Crippen molar-refractivity contribution < 1.29 is 19.4 Å². The first-order valence-electron chi connectivity index (χ1n) is 3.60. The van der Waals surface area contributed by atoms with Crippen LogP contribution in [0.25, 0.3) is 0 Å². The van der Waals surface area contributed by atoms with Gasteiger partial charge in [0.1, 0.15) is 19.3 Å². The van der Waals surface area contributed by atoms with Crippen LogP contribution >= 0.6 is 0 Å². The molecule has 0 fully saturated rings. The van der Waals surface area contributed by atoms with Crippen LogP contribution in [0.4, 0.5) is 0 Å². The van der Waals surface area contributed by atoms with Crippen LogP contribution in [-0.2, 0) is 9.78 Å². The molecule has 0 aliphatic carbocycles. The zero-order chi connectivity index (χ0) is 8.91. The Bertz CT molecular complexity index is 100. The second kappa shape index (κ2) is 4.66. The number of rotatable bonds is 5. The van der Waals surface area contributed by atoms with Crippen LogP contribution in [0.2, 0.25) is 0 Å². The van der Waals surface area contributed by atoms with Crippen molar-refractivity contribution in [2.45, 2.75) is 6.10 Å². The van der Waals surface area contributed by atoms with Crippen molar-refractivity contribution in [1.29, 1.82) is 0 Å². The number of hydrogen-bond acceptors (Lipinski definition) is 3. The fourth-order valence-corrected chi connectivity index (χ4v) is 0.832. The lowest BCUT2D eigenvalue weighted by Crippen LogP contribution is -2.42. The second-order valence-electron chi connectivity index (χ2n) is 3.58. The highest BCUT2D eigenvalue weighted by Crippen LogP contribution is 1.95.